The molecule has 142 valence electrons. The Kier molecular flexibility index (Phi) is 4.22. The van der Waals surface area contributed by atoms with Crippen LogP contribution in [0.25, 0.3) is 16.8 Å². The van der Waals surface area contributed by atoms with Gasteiger partial charge in [0.2, 0.25) is 6.79 Å². The number of benzene rings is 3. The van der Waals surface area contributed by atoms with Gasteiger partial charge in [0.15, 0.2) is 17.3 Å². The zero-order valence-corrected chi connectivity index (χ0v) is 15.4. The van der Waals surface area contributed by atoms with Gasteiger partial charge in [0.1, 0.15) is 0 Å². The number of carbonyl (C=O) groups excluding carboxylic acids is 1. The van der Waals surface area contributed by atoms with E-state index >= 15 is 0 Å². The first-order chi connectivity index (χ1) is 14.3. The summed E-state index contributed by atoms with van der Waals surface area (Å²) >= 11 is 0. The number of rotatable bonds is 4. The predicted octanol–water partition coefficient (Wildman–Crippen LogP) is 4.52. The summed E-state index contributed by atoms with van der Waals surface area (Å²) in [5.41, 5.74) is 3.19. The van der Waals surface area contributed by atoms with Crippen LogP contribution in [0.3, 0.4) is 0 Å². The minimum atomic E-state index is -0.265. The van der Waals surface area contributed by atoms with E-state index in [0.29, 0.717) is 22.9 Å². The van der Waals surface area contributed by atoms with Gasteiger partial charge in [0.05, 0.1) is 5.69 Å². The minimum Gasteiger partial charge on any atom is -0.454 e. The number of anilines is 1. The summed E-state index contributed by atoms with van der Waals surface area (Å²) in [6, 6.07) is 24.7. The van der Waals surface area contributed by atoms with Crippen LogP contribution in [0.5, 0.6) is 11.5 Å². The highest BCUT2D eigenvalue weighted by Crippen LogP contribution is 2.33. The molecule has 2 heterocycles. The van der Waals surface area contributed by atoms with Crippen molar-refractivity contribution >= 4 is 11.7 Å². The second-order valence-electron chi connectivity index (χ2n) is 6.56. The van der Waals surface area contributed by atoms with Gasteiger partial charge >= 0.3 is 0 Å². The number of hydrogen-bond donors (Lipinski definition) is 1. The highest BCUT2D eigenvalue weighted by atomic mass is 16.7. The maximum atomic E-state index is 12.9. The van der Waals surface area contributed by atoms with Gasteiger partial charge in [-0.05, 0) is 35.9 Å². The molecule has 4 aromatic rings. The van der Waals surface area contributed by atoms with Crippen molar-refractivity contribution in [1.82, 2.24) is 9.78 Å². The molecular formula is C23H17N3O3. The summed E-state index contributed by atoms with van der Waals surface area (Å²) in [7, 11) is 0. The SMILES string of the molecule is O=C(Nc1nn(-c2ccccc2)cc1-c1ccccc1)c1ccc2c(c1)OCO2. The van der Waals surface area contributed by atoms with E-state index in [2.05, 4.69) is 10.4 Å². The van der Waals surface area contributed by atoms with Crippen molar-refractivity contribution in [1.29, 1.82) is 0 Å². The summed E-state index contributed by atoms with van der Waals surface area (Å²) in [6.45, 7) is 0.167. The highest BCUT2D eigenvalue weighted by molar-refractivity contribution is 6.06. The molecule has 3 aromatic carbocycles. The molecule has 0 radical (unpaired) electrons. The Morgan fingerprint density at radius 1 is 0.897 bits per heavy atom. The molecule has 29 heavy (non-hydrogen) atoms. The third-order valence-electron chi connectivity index (χ3n) is 4.69. The van der Waals surface area contributed by atoms with E-state index in [1.807, 2.05) is 66.9 Å². The van der Waals surface area contributed by atoms with Crippen molar-refractivity contribution in [2.75, 3.05) is 12.1 Å². The summed E-state index contributed by atoms with van der Waals surface area (Å²) in [6.07, 6.45) is 1.92. The molecule has 1 N–H and O–H groups in total. The van der Waals surface area contributed by atoms with Crippen molar-refractivity contribution in [3.8, 4) is 28.3 Å². The summed E-state index contributed by atoms with van der Waals surface area (Å²) in [5.74, 6) is 1.43. The average molecular weight is 383 g/mol. The fourth-order valence-corrected chi connectivity index (χ4v) is 3.23. The van der Waals surface area contributed by atoms with Crippen LogP contribution in [-0.2, 0) is 0 Å². The van der Waals surface area contributed by atoms with Crippen molar-refractivity contribution in [2.24, 2.45) is 0 Å². The van der Waals surface area contributed by atoms with Gasteiger partial charge in [-0.2, -0.15) is 0 Å². The molecule has 0 spiro atoms. The molecule has 0 aliphatic carbocycles. The summed E-state index contributed by atoms with van der Waals surface area (Å²) < 4.78 is 12.4. The first-order valence-electron chi connectivity index (χ1n) is 9.19. The Labute approximate surface area is 167 Å². The number of hydrogen-bond acceptors (Lipinski definition) is 4. The molecule has 1 aliphatic rings. The lowest BCUT2D eigenvalue weighted by molar-refractivity contribution is 0.102. The molecule has 5 rings (SSSR count). The first-order valence-corrected chi connectivity index (χ1v) is 9.19. The molecule has 1 aliphatic heterocycles. The van der Waals surface area contributed by atoms with Gasteiger partial charge in [-0.1, -0.05) is 48.5 Å². The van der Waals surface area contributed by atoms with E-state index in [1.165, 1.54) is 0 Å². The third kappa shape index (κ3) is 3.32. The van der Waals surface area contributed by atoms with Gasteiger partial charge in [-0.25, -0.2) is 4.68 Å². The standard InChI is InChI=1S/C23H17N3O3/c27-23(17-11-12-20-21(13-17)29-15-28-20)24-22-19(16-7-3-1-4-8-16)14-26(25-22)18-9-5-2-6-10-18/h1-14H,15H2,(H,24,25,27). The first kappa shape index (κ1) is 17.1. The van der Waals surface area contributed by atoms with Gasteiger partial charge in [0.25, 0.3) is 5.91 Å². The van der Waals surface area contributed by atoms with E-state index in [4.69, 9.17) is 9.47 Å². The number of amides is 1. The van der Waals surface area contributed by atoms with E-state index < -0.39 is 0 Å². The molecule has 0 saturated carbocycles. The second-order valence-corrected chi connectivity index (χ2v) is 6.56. The van der Waals surface area contributed by atoms with Crippen LogP contribution in [0.15, 0.2) is 85.1 Å². The molecule has 1 aromatic heterocycles. The highest BCUT2D eigenvalue weighted by Gasteiger charge is 2.19. The third-order valence-corrected chi connectivity index (χ3v) is 4.69. The molecule has 0 bridgehead atoms. The second kappa shape index (κ2) is 7.16. The normalized spacial score (nSPS) is 12.0. The molecule has 1 amide bonds. The molecule has 0 fully saturated rings. The van der Waals surface area contributed by atoms with E-state index in [9.17, 15) is 4.79 Å². The molecule has 6 nitrogen and oxygen atoms in total. The van der Waals surface area contributed by atoms with Crippen LogP contribution < -0.4 is 14.8 Å². The van der Waals surface area contributed by atoms with Gasteiger partial charge in [-0.15, -0.1) is 5.10 Å². The van der Waals surface area contributed by atoms with Crippen LogP contribution in [-0.4, -0.2) is 22.5 Å². The average Bonchev–Trinajstić information content (AvgIpc) is 3.41. The van der Waals surface area contributed by atoms with E-state index in [1.54, 1.807) is 22.9 Å². The fraction of sp³-hybridized carbons (Fsp3) is 0.0435. The quantitative estimate of drug-likeness (QED) is 0.563. The van der Waals surface area contributed by atoms with Crippen molar-refractivity contribution in [3.63, 3.8) is 0 Å². The Bertz CT molecular complexity index is 1170. The van der Waals surface area contributed by atoms with Crippen LogP contribution in [0.1, 0.15) is 10.4 Å². The zero-order chi connectivity index (χ0) is 19.6. The van der Waals surface area contributed by atoms with Crippen molar-refractivity contribution in [2.45, 2.75) is 0 Å². The van der Waals surface area contributed by atoms with Gasteiger partial charge < -0.3 is 14.8 Å². The number of nitrogens with one attached hydrogen (secondary N) is 1. The van der Waals surface area contributed by atoms with E-state index in [-0.39, 0.29) is 12.7 Å². The van der Waals surface area contributed by atoms with Crippen LogP contribution in [0, 0.1) is 0 Å². The lowest BCUT2D eigenvalue weighted by atomic mass is 10.1. The number of ether oxygens (including phenoxy) is 2. The molecule has 0 unspecified atom stereocenters. The maximum Gasteiger partial charge on any atom is 0.257 e. The predicted molar refractivity (Wildman–Crippen MR) is 110 cm³/mol. The number of fused-ring (bicyclic) bond motifs is 1. The maximum absolute atomic E-state index is 12.9. The lowest BCUT2D eigenvalue weighted by Crippen LogP contribution is -2.13. The Hall–Kier alpha value is -4.06. The van der Waals surface area contributed by atoms with Crippen molar-refractivity contribution in [3.05, 3.63) is 90.6 Å². The Morgan fingerprint density at radius 3 is 2.41 bits per heavy atom. The summed E-state index contributed by atoms with van der Waals surface area (Å²) in [5, 5.41) is 7.56. The minimum absolute atomic E-state index is 0.167. The molecular weight excluding hydrogens is 366 g/mol. The monoisotopic (exact) mass is 383 g/mol. The van der Waals surface area contributed by atoms with E-state index in [0.717, 1.165) is 16.8 Å². The molecule has 0 saturated heterocycles. The number of para-hydroxylation sites is 1. The Morgan fingerprint density at radius 2 is 1.62 bits per heavy atom. The smallest absolute Gasteiger partial charge is 0.257 e. The Balaban J connectivity index is 1.51. The molecule has 6 heteroatoms. The van der Waals surface area contributed by atoms with Crippen LogP contribution in [0.4, 0.5) is 5.82 Å². The van der Waals surface area contributed by atoms with Crippen molar-refractivity contribution < 1.29 is 14.3 Å². The lowest BCUT2D eigenvalue weighted by Gasteiger charge is -2.06. The van der Waals surface area contributed by atoms with Gasteiger partial charge in [0, 0.05) is 17.3 Å². The number of aromatic nitrogens is 2. The van der Waals surface area contributed by atoms with Crippen LogP contribution >= 0.6 is 0 Å². The summed E-state index contributed by atoms with van der Waals surface area (Å²) in [4.78, 5) is 12.9. The topological polar surface area (TPSA) is 65.4 Å². The fourth-order valence-electron chi connectivity index (χ4n) is 3.23. The van der Waals surface area contributed by atoms with Crippen LogP contribution in [0.2, 0.25) is 0 Å². The number of nitrogens with zero attached hydrogens (tertiary/aromatic N) is 2. The molecule has 0 atom stereocenters. The largest absolute Gasteiger partial charge is 0.454 e. The van der Waals surface area contributed by atoms with Gasteiger partial charge in [-0.3, -0.25) is 4.79 Å². The zero-order valence-electron chi connectivity index (χ0n) is 15.4. The number of carbonyl (C=O) groups is 1.